The first-order valence-corrected chi connectivity index (χ1v) is 13.1. The summed E-state index contributed by atoms with van der Waals surface area (Å²) in [6.07, 6.45) is 0. The molecule has 4 amide bonds. The minimum atomic E-state index is -2.45. The highest BCUT2D eigenvalue weighted by molar-refractivity contribution is 6.42. The van der Waals surface area contributed by atoms with Crippen LogP contribution in [-0.4, -0.2) is 23.6 Å². The third-order valence-corrected chi connectivity index (χ3v) is 7.79. The molecule has 0 saturated carbocycles. The van der Waals surface area contributed by atoms with Gasteiger partial charge in [-0.15, -0.1) is 0 Å². The van der Waals surface area contributed by atoms with Crippen molar-refractivity contribution in [1.82, 2.24) is 0 Å². The summed E-state index contributed by atoms with van der Waals surface area (Å²) < 4.78 is 71.1. The normalized spacial score (nSPS) is 14.2. The second-order valence-corrected chi connectivity index (χ2v) is 10.3. The van der Waals surface area contributed by atoms with Crippen LogP contribution in [0.25, 0.3) is 21.9 Å². The molecule has 7 rings (SSSR count). The third-order valence-electron chi connectivity index (χ3n) is 7.79. The van der Waals surface area contributed by atoms with Gasteiger partial charge in [-0.1, -0.05) is 42.0 Å². The Balaban J connectivity index is 1.37. The average Bonchev–Trinajstić information content (AvgIpc) is 3.02. The van der Waals surface area contributed by atoms with Gasteiger partial charge in [-0.2, -0.15) is 0 Å². The molecule has 0 atom stereocenters. The molecule has 0 saturated heterocycles. The Morgan fingerprint density at radius 3 is 1.39 bits per heavy atom. The molecule has 0 bridgehead atoms. The number of carbonyl (C=O) groups excluding carboxylic acids is 4. The van der Waals surface area contributed by atoms with Crippen molar-refractivity contribution in [2.45, 2.75) is 6.92 Å². The Morgan fingerprint density at radius 1 is 0.477 bits per heavy atom. The largest absolute Gasteiger partial charge is 0.268 e. The van der Waals surface area contributed by atoms with Crippen molar-refractivity contribution in [1.29, 1.82) is 0 Å². The summed E-state index contributed by atoms with van der Waals surface area (Å²) in [7, 11) is 0. The van der Waals surface area contributed by atoms with Gasteiger partial charge in [0.05, 0.1) is 5.69 Å². The lowest BCUT2D eigenvalue weighted by Crippen LogP contribution is -2.44. The maximum absolute atomic E-state index is 14.7. The van der Waals surface area contributed by atoms with E-state index in [0.29, 0.717) is 0 Å². The standard InChI is InChI=1S/C33H15F5N2O4/c1-14-5-7-15(8-6-14)16-3-2-4-17(13-16)39-30(41)18-9-11-20-23-21(12-10-19(22(18)23)31(39)42)33(44)40(32(20)43)29-27(37)25(35)24(34)26(36)28(29)38/h2-13H,1H3. The van der Waals surface area contributed by atoms with Gasteiger partial charge in [0.25, 0.3) is 23.6 Å². The van der Waals surface area contributed by atoms with Crippen LogP contribution in [0.2, 0.25) is 0 Å². The number of rotatable bonds is 3. The van der Waals surface area contributed by atoms with Crippen molar-refractivity contribution < 1.29 is 41.1 Å². The number of aryl methyl sites for hydroxylation is 1. The van der Waals surface area contributed by atoms with E-state index in [2.05, 4.69) is 0 Å². The number of anilines is 2. The van der Waals surface area contributed by atoms with Gasteiger partial charge in [-0.05, 0) is 54.4 Å². The first kappa shape index (κ1) is 27.1. The molecule has 5 aromatic carbocycles. The quantitative estimate of drug-likeness (QED) is 0.0961. The number of imide groups is 2. The summed E-state index contributed by atoms with van der Waals surface area (Å²) in [4.78, 5) is 55.3. The van der Waals surface area contributed by atoms with Crippen molar-refractivity contribution >= 4 is 45.8 Å². The Labute approximate surface area is 244 Å². The monoisotopic (exact) mass is 598 g/mol. The van der Waals surface area contributed by atoms with E-state index in [-0.39, 0.29) is 43.6 Å². The summed E-state index contributed by atoms with van der Waals surface area (Å²) in [5, 5.41) is -0.190. The van der Waals surface area contributed by atoms with Crippen molar-refractivity contribution in [2.24, 2.45) is 0 Å². The van der Waals surface area contributed by atoms with Crippen molar-refractivity contribution in [3.8, 4) is 11.1 Å². The van der Waals surface area contributed by atoms with Gasteiger partial charge < -0.3 is 0 Å². The fraction of sp³-hybridized carbons (Fsp3) is 0.0303. The molecular formula is C33H15F5N2O4. The molecule has 0 aliphatic carbocycles. The molecule has 44 heavy (non-hydrogen) atoms. The second-order valence-electron chi connectivity index (χ2n) is 10.3. The minimum Gasteiger partial charge on any atom is -0.268 e. The number of nitrogens with zero attached hydrogens (tertiary/aromatic N) is 2. The smallest absolute Gasteiger partial charge is 0.266 e. The van der Waals surface area contributed by atoms with Crippen LogP contribution in [0.4, 0.5) is 33.3 Å². The molecule has 0 N–H and O–H groups in total. The van der Waals surface area contributed by atoms with E-state index in [4.69, 9.17) is 0 Å². The molecule has 0 unspecified atom stereocenters. The van der Waals surface area contributed by atoms with Gasteiger partial charge >= 0.3 is 0 Å². The third kappa shape index (κ3) is 3.58. The van der Waals surface area contributed by atoms with Crippen LogP contribution in [0.1, 0.15) is 47.0 Å². The van der Waals surface area contributed by atoms with Crippen LogP contribution < -0.4 is 9.80 Å². The van der Waals surface area contributed by atoms with E-state index < -0.39 is 58.4 Å². The number of benzene rings is 5. The molecule has 11 heteroatoms. The predicted octanol–water partition coefficient (Wildman–Crippen LogP) is 7.11. The highest BCUT2D eigenvalue weighted by Gasteiger charge is 2.43. The zero-order valence-electron chi connectivity index (χ0n) is 22.3. The van der Waals surface area contributed by atoms with Crippen molar-refractivity contribution in [3.05, 3.63) is 130 Å². The summed E-state index contributed by atoms with van der Waals surface area (Å²) in [6.45, 7) is 1.94. The summed E-state index contributed by atoms with van der Waals surface area (Å²) in [5.41, 5.74) is 0.350. The van der Waals surface area contributed by atoms with E-state index in [0.717, 1.165) is 33.7 Å². The zero-order chi connectivity index (χ0) is 31.2. The molecule has 5 aromatic rings. The van der Waals surface area contributed by atoms with Crippen molar-refractivity contribution in [2.75, 3.05) is 9.80 Å². The van der Waals surface area contributed by atoms with E-state index in [1.54, 1.807) is 18.2 Å². The molecule has 2 aliphatic heterocycles. The van der Waals surface area contributed by atoms with Gasteiger partial charge in [0.2, 0.25) is 5.82 Å². The van der Waals surface area contributed by atoms with Crippen LogP contribution in [0, 0.1) is 36.0 Å². The first-order valence-electron chi connectivity index (χ1n) is 13.1. The molecular weight excluding hydrogens is 583 g/mol. The van der Waals surface area contributed by atoms with Gasteiger partial charge in [0.15, 0.2) is 23.3 Å². The van der Waals surface area contributed by atoms with Gasteiger partial charge in [-0.25, -0.2) is 31.8 Å². The molecule has 2 aliphatic rings. The first-order chi connectivity index (χ1) is 21.0. The number of hydrogen-bond acceptors (Lipinski definition) is 4. The number of halogens is 5. The van der Waals surface area contributed by atoms with Crippen LogP contribution in [0.15, 0.2) is 72.8 Å². The Bertz CT molecular complexity index is 2080. The lowest BCUT2D eigenvalue weighted by atomic mass is 9.85. The highest BCUT2D eigenvalue weighted by atomic mass is 19.2. The molecule has 0 radical (unpaired) electrons. The fourth-order valence-corrected chi connectivity index (χ4v) is 5.67. The van der Waals surface area contributed by atoms with Crippen LogP contribution in [-0.2, 0) is 0 Å². The molecule has 0 spiro atoms. The lowest BCUT2D eigenvalue weighted by molar-refractivity contribution is 0.0871. The summed E-state index contributed by atoms with van der Waals surface area (Å²) >= 11 is 0. The van der Waals surface area contributed by atoms with Crippen LogP contribution >= 0.6 is 0 Å². The molecule has 6 nitrogen and oxygen atoms in total. The zero-order valence-corrected chi connectivity index (χ0v) is 22.3. The lowest BCUT2D eigenvalue weighted by Gasteiger charge is -2.32. The molecule has 216 valence electrons. The van der Waals surface area contributed by atoms with E-state index in [1.165, 1.54) is 12.1 Å². The van der Waals surface area contributed by atoms with Gasteiger partial charge in [0, 0.05) is 33.0 Å². The van der Waals surface area contributed by atoms with E-state index in [1.807, 2.05) is 37.3 Å². The topological polar surface area (TPSA) is 74.8 Å². The highest BCUT2D eigenvalue weighted by Crippen LogP contribution is 2.42. The van der Waals surface area contributed by atoms with Crippen molar-refractivity contribution in [3.63, 3.8) is 0 Å². The Hall–Kier alpha value is -5.71. The summed E-state index contributed by atoms with van der Waals surface area (Å²) in [6, 6.07) is 19.0. The van der Waals surface area contributed by atoms with Crippen LogP contribution in [0.3, 0.4) is 0 Å². The SMILES string of the molecule is Cc1ccc(-c2cccc(N3C(=O)c4ccc5c6c(ccc(c46)C3=O)C(=O)N(c3c(F)c(F)c(F)c(F)c3F)C5=O)c2)cc1. The maximum atomic E-state index is 14.7. The van der Waals surface area contributed by atoms with E-state index in [9.17, 15) is 41.1 Å². The number of carbonyl (C=O) groups is 4. The number of amides is 4. The summed E-state index contributed by atoms with van der Waals surface area (Å²) in [5.74, 6) is -16.2. The molecule has 0 aromatic heterocycles. The maximum Gasteiger partial charge on any atom is 0.266 e. The van der Waals surface area contributed by atoms with Crippen LogP contribution in [0.5, 0.6) is 0 Å². The van der Waals surface area contributed by atoms with Gasteiger partial charge in [-0.3, -0.25) is 19.2 Å². The Kier molecular flexibility index (Phi) is 5.80. The van der Waals surface area contributed by atoms with E-state index >= 15 is 0 Å². The number of hydrogen-bond donors (Lipinski definition) is 0. The Morgan fingerprint density at radius 2 is 0.909 bits per heavy atom. The molecule has 2 heterocycles. The minimum absolute atomic E-state index is 0.0359. The van der Waals surface area contributed by atoms with Gasteiger partial charge in [0.1, 0.15) is 5.69 Å². The second kappa shape index (κ2) is 9.40. The fourth-order valence-electron chi connectivity index (χ4n) is 5.67. The average molecular weight is 598 g/mol. The molecule has 0 fully saturated rings. The predicted molar refractivity (Wildman–Crippen MR) is 149 cm³/mol.